The lowest BCUT2D eigenvalue weighted by molar-refractivity contribution is -0.114. The second kappa shape index (κ2) is 8.72. The molecule has 4 heteroatoms. The molecule has 0 aromatic rings. The molecule has 82 valence electrons. The van der Waals surface area contributed by atoms with Gasteiger partial charge < -0.3 is 15.8 Å². The first-order valence-corrected chi connectivity index (χ1v) is 4.93. The van der Waals surface area contributed by atoms with E-state index in [-0.39, 0.29) is 5.91 Å². The Bertz CT molecular complexity index is 175. The second-order valence-electron chi connectivity index (χ2n) is 3.02. The predicted molar refractivity (Wildman–Crippen MR) is 56.9 cm³/mol. The molecule has 0 aromatic carbocycles. The van der Waals surface area contributed by atoms with Gasteiger partial charge in [0.15, 0.2) is 0 Å². The van der Waals surface area contributed by atoms with Crippen LogP contribution < -0.4 is 11.1 Å². The Balaban J connectivity index is 0.000000249. The van der Waals surface area contributed by atoms with Crippen LogP contribution in [-0.2, 0) is 9.53 Å². The highest BCUT2D eigenvalue weighted by atomic mass is 16.5. The van der Waals surface area contributed by atoms with E-state index in [2.05, 4.69) is 5.32 Å². The normalized spacial score (nSPS) is 16.9. The molecule has 1 aliphatic rings. The number of carbonyl (C=O) groups excluding carboxylic acids is 1. The van der Waals surface area contributed by atoms with Crippen molar-refractivity contribution in [3.63, 3.8) is 0 Å². The maximum atomic E-state index is 10.2. The number of morpholine rings is 1. The molecule has 0 bridgehead atoms. The number of hydrogen-bond acceptors (Lipinski definition) is 3. The summed E-state index contributed by atoms with van der Waals surface area (Å²) in [5.74, 6) is -0.327. The quantitative estimate of drug-likeness (QED) is 0.635. The van der Waals surface area contributed by atoms with E-state index >= 15 is 0 Å². The molecule has 0 saturated carbocycles. The molecular formula is C10H20N2O2. The molecule has 1 fully saturated rings. The SMILES string of the molecule is C1COCCN1.CCC=C(C)C(N)=O. The summed E-state index contributed by atoms with van der Waals surface area (Å²) >= 11 is 0. The third-order valence-electron chi connectivity index (χ3n) is 1.75. The van der Waals surface area contributed by atoms with E-state index in [1.54, 1.807) is 6.92 Å². The van der Waals surface area contributed by atoms with Crippen LogP contribution in [0.2, 0.25) is 0 Å². The average Bonchev–Trinajstić information content (AvgIpc) is 2.21. The minimum absolute atomic E-state index is 0.327. The van der Waals surface area contributed by atoms with Gasteiger partial charge >= 0.3 is 0 Å². The molecule has 0 spiro atoms. The maximum absolute atomic E-state index is 10.2. The van der Waals surface area contributed by atoms with Gasteiger partial charge in [0.25, 0.3) is 0 Å². The van der Waals surface area contributed by atoms with Gasteiger partial charge in [-0.3, -0.25) is 4.79 Å². The monoisotopic (exact) mass is 200 g/mol. The topological polar surface area (TPSA) is 64.3 Å². The fourth-order valence-electron chi connectivity index (χ4n) is 0.923. The molecule has 14 heavy (non-hydrogen) atoms. The van der Waals surface area contributed by atoms with Crippen molar-refractivity contribution in [2.75, 3.05) is 26.3 Å². The Kier molecular flexibility index (Phi) is 8.17. The van der Waals surface area contributed by atoms with Gasteiger partial charge in [0.05, 0.1) is 13.2 Å². The molecule has 0 atom stereocenters. The first-order valence-electron chi connectivity index (χ1n) is 4.93. The Morgan fingerprint density at radius 2 is 2.07 bits per heavy atom. The van der Waals surface area contributed by atoms with Crippen molar-refractivity contribution in [3.8, 4) is 0 Å². The fraction of sp³-hybridized carbons (Fsp3) is 0.700. The molecule has 0 aliphatic carbocycles. The van der Waals surface area contributed by atoms with E-state index in [4.69, 9.17) is 10.5 Å². The van der Waals surface area contributed by atoms with Gasteiger partial charge in [0, 0.05) is 18.7 Å². The standard InChI is InChI=1S/C6H11NO.C4H9NO/c1-3-4-5(2)6(7)8;1-3-6-4-2-5-1/h4H,3H2,1-2H3,(H2,7,8);5H,1-4H2. The summed E-state index contributed by atoms with van der Waals surface area (Å²) in [6, 6.07) is 0. The molecule has 4 nitrogen and oxygen atoms in total. The van der Waals surface area contributed by atoms with Crippen LogP contribution in [-0.4, -0.2) is 32.2 Å². The molecule has 0 aromatic heterocycles. The molecule has 1 rings (SSSR count). The third kappa shape index (κ3) is 7.76. The summed E-state index contributed by atoms with van der Waals surface area (Å²) in [5.41, 5.74) is 5.56. The van der Waals surface area contributed by atoms with Crippen molar-refractivity contribution in [3.05, 3.63) is 11.6 Å². The zero-order valence-electron chi connectivity index (χ0n) is 9.01. The van der Waals surface area contributed by atoms with Gasteiger partial charge in [-0.25, -0.2) is 0 Å². The van der Waals surface area contributed by atoms with Gasteiger partial charge in [-0.2, -0.15) is 0 Å². The summed E-state index contributed by atoms with van der Waals surface area (Å²) < 4.78 is 5.01. The van der Waals surface area contributed by atoms with Crippen LogP contribution >= 0.6 is 0 Å². The smallest absolute Gasteiger partial charge is 0.244 e. The molecule has 1 heterocycles. The molecule has 1 saturated heterocycles. The summed E-state index contributed by atoms with van der Waals surface area (Å²) in [6.07, 6.45) is 2.68. The number of nitrogens with one attached hydrogen (secondary N) is 1. The van der Waals surface area contributed by atoms with Crippen molar-refractivity contribution >= 4 is 5.91 Å². The van der Waals surface area contributed by atoms with Crippen molar-refractivity contribution in [2.45, 2.75) is 20.3 Å². The second-order valence-corrected chi connectivity index (χ2v) is 3.02. The Hall–Kier alpha value is -0.870. The number of primary amides is 1. The number of allylic oxidation sites excluding steroid dienone is 1. The van der Waals surface area contributed by atoms with Crippen LogP contribution in [0.3, 0.4) is 0 Å². The zero-order chi connectivity index (χ0) is 10.8. The van der Waals surface area contributed by atoms with Crippen molar-refractivity contribution in [1.82, 2.24) is 5.32 Å². The van der Waals surface area contributed by atoms with Crippen molar-refractivity contribution in [2.24, 2.45) is 5.73 Å². The number of amides is 1. The average molecular weight is 200 g/mol. The van der Waals surface area contributed by atoms with Gasteiger partial charge in [-0.1, -0.05) is 13.0 Å². The van der Waals surface area contributed by atoms with Crippen LogP contribution in [0.4, 0.5) is 0 Å². The molecular weight excluding hydrogens is 180 g/mol. The molecule has 0 unspecified atom stereocenters. The number of hydrogen-bond donors (Lipinski definition) is 2. The highest BCUT2D eigenvalue weighted by Gasteiger charge is 1.93. The third-order valence-corrected chi connectivity index (χ3v) is 1.75. The summed E-state index contributed by atoms with van der Waals surface area (Å²) in [4.78, 5) is 10.2. The van der Waals surface area contributed by atoms with E-state index in [1.807, 2.05) is 13.0 Å². The lowest BCUT2D eigenvalue weighted by atomic mass is 10.2. The van der Waals surface area contributed by atoms with E-state index < -0.39 is 0 Å². The first kappa shape index (κ1) is 13.1. The number of rotatable bonds is 2. The number of nitrogens with two attached hydrogens (primary N) is 1. The Morgan fingerprint density at radius 3 is 2.21 bits per heavy atom. The predicted octanol–water partition coefficient (Wildman–Crippen LogP) is 0.434. The van der Waals surface area contributed by atoms with Crippen LogP contribution in [0.15, 0.2) is 11.6 Å². The molecule has 1 aliphatic heterocycles. The van der Waals surface area contributed by atoms with Crippen molar-refractivity contribution < 1.29 is 9.53 Å². The highest BCUT2D eigenvalue weighted by Crippen LogP contribution is 1.91. The largest absolute Gasteiger partial charge is 0.379 e. The van der Waals surface area contributed by atoms with E-state index in [1.165, 1.54) is 0 Å². The Labute approximate surface area is 85.5 Å². The lowest BCUT2D eigenvalue weighted by Gasteiger charge is -2.10. The number of ether oxygens (including phenoxy) is 1. The Morgan fingerprint density at radius 1 is 1.50 bits per heavy atom. The maximum Gasteiger partial charge on any atom is 0.244 e. The molecule has 0 radical (unpaired) electrons. The van der Waals surface area contributed by atoms with E-state index in [9.17, 15) is 4.79 Å². The van der Waals surface area contributed by atoms with E-state index in [0.717, 1.165) is 32.7 Å². The van der Waals surface area contributed by atoms with Crippen LogP contribution in [0.5, 0.6) is 0 Å². The fourth-order valence-corrected chi connectivity index (χ4v) is 0.923. The zero-order valence-corrected chi connectivity index (χ0v) is 9.01. The molecule has 1 amide bonds. The van der Waals surface area contributed by atoms with Gasteiger partial charge in [-0.05, 0) is 13.3 Å². The molecule has 3 N–H and O–H groups in total. The van der Waals surface area contributed by atoms with E-state index in [0.29, 0.717) is 5.57 Å². The van der Waals surface area contributed by atoms with Crippen LogP contribution in [0.1, 0.15) is 20.3 Å². The minimum atomic E-state index is -0.327. The summed E-state index contributed by atoms with van der Waals surface area (Å²) in [6.45, 7) is 7.51. The summed E-state index contributed by atoms with van der Waals surface area (Å²) in [5, 5.41) is 3.16. The highest BCUT2D eigenvalue weighted by molar-refractivity contribution is 5.91. The first-order chi connectivity index (χ1) is 6.68. The van der Waals surface area contributed by atoms with Gasteiger partial charge in [0.1, 0.15) is 0 Å². The van der Waals surface area contributed by atoms with Gasteiger partial charge in [0.2, 0.25) is 5.91 Å². The minimum Gasteiger partial charge on any atom is -0.379 e. The van der Waals surface area contributed by atoms with Crippen LogP contribution in [0, 0.1) is 0 Å². The summed E-state index contributed by atoms with van der Waals surface area (Å²) in [7, 11) is 0. The van der Waals surface area contributed by atoms with Gasteiger partial charge in [-0.15, -0.1) is 0 Å². The van der Waals surface area contributed by atoms with Crippen molar-refractivity contribution in [1.29, 1.82) is 0 Å². The number of carbonyl (C=O) groups is 1. The lowest BCUT2D eigenvalue weighted by Crippen LogP contribution is -2.30. The van der Waals surface area contributed by atoms with Crippen LogP contribution in [0.25, 0.3) is 0 Å².